The number of aromatic carboxylic acids is 1. The van der Waals surface area contributed by atoms with E-state index in [9.17, 15) is 24.7 Å². The maximum absolute atomic E-state index is 12.0. The Bertz CT molecular complexity index is 741. The lowest BCUT2D eigenvalue weighted by atomic mass is 9.75. The third kappa shape index (κ3) is 4.06. The van der Waals surface area contributed by atoms with Gasteiger partial charge in [0.05, 0.1) is 12.1 Å². The number of carbonyl (C=O) groups excluding carboxylic acids is 1. The number of aromatic hydroxyl groups is 1. The average molecular weight is 331 g/mol. The molecule has 0 bridgehead atoms. The van der Waals surface area contributed by atoms with Gasteiger partial charge in [-0.1, -0.05) is 12.1 Å². The van der Waals surface area contributed by atoms with E-state index in [1.165, 1.54) is 36.8 Å². The molecule has 0 saturated carbocycles. The van der Waals surface area contributed by atoms with E-state index in [0.29, 0.717) is 0 Å². The van der Waals surface area contributed by atoms with E-state index in [4.69, 9.17) is 5.11 Å². The van der Waals surface area contributed by atoms with Crippen molar-refractivity contribution in [1.29, 1.82) is 0 Å². The molecule has 1 unspecified atom stereocenters. The van der Waals surface area contributed by atoms with Gasteiger partial charge in [-0.3, -0.25) is 9.78 Å². The second-order valence-electron chi connectivity index (χ2n) is 4.91. The molecule has 0 spiro atoms. The summed E-state index contributed by atoms with van der Waals surface area (Å²) in [6.07, 6.45) is 3.70. The van der Waals surface area contributed by atoms with Crippen LogP contribution in [0.2, 0.25) is 0 Å². The van der Waals surface area contributed by atoms with Crippen LogP contribution in [0.15, 0.2) is 36.8 Å². The van der Waals surface area contributed by atoms with Crippen LogP contribution in [0.5, 0.6) is 5.75 Å². The molecule has 9 nitrogen and oxygen atoms in total. The summed E-state index contributed by atoms with van der Waals surface area (Å²) in [6.45, 7) is 0. The van der Waals surface area contributed by atoms with Crippen LogP contribution >= 0.6 is 0 Å². The smallest absolute Gasteiger partial charge is 0.475 e. The summed E-state index contributed by atoms with van der Waals surface area (Å²) in [5.41, 5.74) is -0.196. The number of aromatic nitrogens is 2. The van der Waals surface area contributed by atoms with Gasteiger partial charge in [0.2, 0.25) is 0 Å². The van der Waals surface area contributed by atoms with Gasteiger partial charge in [-0.25, -0.2) is 9.78 Å². The number of amides is 1. The minimum absolute atomic E-state index is 0.0216. The Balaban J connectivity index is 2.19. The first-order valence-electron chi connectivity index (χ1n) is 6.87. The molecule has 2 rings (SSSR count). The van der Waals surface area contributed by atoms with Crippen molar-refractivity contribution in [2.75, 3.05) is 0 Å². The maximum atomic E-state index is 12.0. The first kappa shape index (κ1) is 17.4. The van der Waals surface area contributed by atoms with E-state index in [-0.39, 0.29) is 23.2 Å². The Kier molecular flexibility index (Phi) is 5.45. The normalized spacial score (nSPS) is 11.6. The predicted molar refractivity (Wildman–Crippen MR) is 82.2 cm³/mol. The molecule has 0 aliphatic carbocycles. The van der Waals surface area contributed by atoms with Crippen LogP contribution in [-0.4, -0.2) is 55.2 Å². The fourth-order valence-electron chi connectivity index (χ4n) is 2.06. The highest BCUT2D eigenvalue weighted by Gasteiger charge is 2.28. The van der Waals surface area contributed by atoms with Gasteiger partial charge >= 0.3 is 13.1 Å². The minimum atomic E-state index is -1.93. The van der Waals surface area contributed by atoms with Crippen LogP contribution in [0.4, 0.5) is 0 Å². The van der Waals surface area contributed by atoms with E-state index in [1.54, 1.807) is 0 Å². The number of benzene rings is 1. The summed E-state index contributed by atoms with van der Waals surface area (Å²) in [7, 11) is -1.93. The van der Waals surface area contributed by atoms with Gasteiger partial charge in [-0.15, -0.1) is 0 Å². The Hall–Kier alpha value is -2.98. The number of para-hydroxylation sites is 1. The third-order valence-electron chi connectivity index (χ3n) is 3.26. The van der Waals surface area contributed by atoms with Crippen molar-refractivity contribution in [3.63, 3.8) is 0 Å². The van der Waals surface area contributed by atoms with Gasteiger partial charge < -0.3 is 25.6 Å². The van der Waals surface area contributed by atoms with E-state index < -0.39 is 30.7 Å². The number of hydrogen-bond donors (Lipinski definition) is 5. The Morgan fingerprint density at radius 2 is 2.00 bits per heavy atom. The molecule has 0 radical (unpaired) electrons. The number of nitrogens with zero attached hydrogens (tertiary/aromatic N) is 2. The molecule has 0 saturated heterocycles. The quantitative estimate of drug-likeness (QED) is 0.433. The lowest BCUT2D eigenvalue weighted by Crippen LogP contribution is -2.48. The lowest BCUT2D eigenvalue weighted by molar-refractivity contribution is 0.0693. The molecule has 1 aromatic carbocycles. The zero-order valence-corrected chi connectivity index (χ0v) is 12.3. The minimum Gasteiger partial charge on any atom is -0.507 e. The van der Waals surface area contributed by atoms with Crippen molar-refractivity contribution in [3.05, 3.63) is 53.6 Å². The van der Waals surface area contributed by atoms with Crippen molar-refractivity contribution < 1.29 is 29.9 Å². The number of carboxylic acids is 1. The molecular weight excluding hydrogens is 317 g/mol. The molecule has 1 heterocycles. The Morgan fingerprint density at radius 1 is 1.25 bits per heavy atom. The molecule has 0 aliphatic heterocycles. The monoisotopic (exact) mass is 331 g/mol. The van der Waals surface area contributed by atoms with Crippen LogP contribution < -0.4 is 5.32 Å². The molecule has 124 valence electrons. The summed E-state index contributed by atoms with van der Waals surface area (Å²) < 4.78 is 0. The van der Waals surface area contributed by atoms with Crippen molar-refractivity contribution >= 4 is 19.0 Å². The summed E-state index contributed by atoms with van der Waals surface area (Å²) >= 11 is 0. The molecule has 0 aliphatic rings. The topological polar surface area (TPSA) is 153 Å². The molecule has 10 heteroatoms. The molecule has 1 aromatic heterocycles. The standard InChI is InChI=1S/C14H14BN3O6/c19-12-8(2-1-3-9(12)14(21)22)6-11(15(23)24)18-13(20)10-7-16-4-5-17-10/h1-5,7,11,19,23-24H,6H2,(H,18,20)(H,21,22). The van der Waals surface area contributed by atoms with E-state index in [1.807, 2.05) is 0 Å². The van der Waals surface area contributed by atoms with Crippen molar-refractivity contribution in [1.82, 2.24) is 15.3 Å². The molecule has 2 aromatic rings. The summed E-state index contributed by atoms with van der Waals surface area (Å²) in [5, 5.41) is 40.2. The largest absolute Gasteiger partial charge is 0.507 e. The predicted octanol–water partition coefficient (Wildman–Crippen LogP) is -0.767. The molecule has 24 heavy (non-hydrogen) atoms. The van der Waals surface area contributed by atoms with Crippen molar-refractivity contribution in [3.8, 4) is 5.75 Å². The van der Waals surface area contributed by atoms with Crippen LogP contribution in [0.3, 0.4) is 0 Å². The van der Waals surface area contributed by atoms with Crippen molar-refractivity contribution in [2.24, 2.45) is 0 Å². The van der Waals surface area contributed by atoms with Crippen LogP contribution in [0.25, 0.3) is 0 Å². The highest BCUT2D eigenvalue weighted by atomic mass is 16.4. The number of rotatable bonds is 6. The zero-order valence-electron chi connectivity index (χ0n) is 12.3. The number of hydrogen-bond acceptors (Lipinski definition) is 7. The first-order valence-corrected chi connectivity index (χ1v) is 6.87. The summed E-state index contributed by atoms with van der Waals surface area (Å²) in [5.74, 6) is -3.69. The highest BCUT2D eigenvalue weighted by Crippen LogP contribution is 2.24. The van der Waals surface area contributed by atoms with Gasteiger partial charge in [0.1, 0.15) is 17.0 Å². The molecule has 1 amide bonds. The SMILES string of the molecule is O=C(NC(Cc1cccc(C(=O)O)c1O)B(O)O)c1cnccn1. The van der Waals surface area contributed by atoms with Crippen molar-refractivity contribution in [2.45, 2.75) is 12.4 Å². The summed E-state index contributed by atoms with van der Waals surface area (Å²) in [4.78, 5) is 30.6. The number of carbonyl (C=O) groups is 2. The van der Waals surface area contributed by atoms with Crippen LogP contribution in [0, 0.1) is 0 Å². The fraction of sp³-hybridized carbons (Fsp3) is 0.143. The molecule has 1 atom stereocenters. The van der Waals surface area contributed by atoms with E-state index >= 15 is 0 Å². The van der Waals surface area contributed by atoms with E-state index in [0.717, 1.165) is 0 Å². The molecular formula is C14H14BN3O6. The lowest BCUT2D eigenvalue weighted by Gasteiger charge is -2.18. The summed E-state index contributed by atoms with van der Waals surface area (Å²) in [6, 6.07) is 4.04. The molecule has 5 N–H and O–H groups in total. The Morgan fingerprint density at radius 3 is 2.58 bits per heavy atom. The zero-order chi connectivity index (χ0) is 17.7. The fourth-order valence-corrected chi connectivity index (χ4v) is 2.06. The van der Waals surface area contributed by atoms with Crippen LogP contribution in [0.1, 0.15) is 26.4 Å². The third-order valence-corrected chi connectivity index (χ3v) is 3.26. The van der Waals surface area contributed by atoms with Gasteiger partial charge in [0, 0.05) is 12.4 Å². The number of nitrogens with one attached hydrogen (secondary N) is 1. The highest BCUT2D eigenvalue weighted by molar-refractivity contribution is 6.43. The number of carboxylic acid groups (broad SMARTS) is 1. The van der Waals surface area contributed by atoms with Crippen LogP contribution in [-0.2, 0) is 6.42 Å². The van der Waals surface area contributed by atoms with Gasteiger partial charge in [0.15, 0.2) is 0 Å². The second kappa shape index (κ2) is 7.53. The number of phenols is 1. The van der Waals surface area contributed by atoms with E-state index in [2.05, 4.69) is 15.3 Å². The van der Waals surface area contributed by atoms with Gasteiger partial charge in [-0.05, 0) is 18.1 Å². The maximum Gasteiger partial charge on any atom is 0.475 e. The Labute approximate surface area is 136 Å². The second-order valence-corrected chi connectivity index (χ2v) is 4.91. The first-order chi connectivity index (χ1) is 11.4. The molecule has 0 fully saturated rings. The average Bonchev–Trinajstić information content (AvgIpc) is 2.56. The van der Waals surface area contributed by atoms with Gasteiger partial charge in [-0.2, -0.15) is 0 Å². The van der Waals surface area contributed by atoms with Gasteiger partial charge in [0.25, 0.3) is 5.91 Å².